The third-order valence-electron chi connectivity index (χ3n) is 4.17. The Kier molecular flexibility index (Phi) is 5.52. The summed E-state index contributed by atoms with van der Waals surface area (Å²) in [4.78, 5) is 15.6. The van der Waals surface area contributed by atoms with Gasteiger partial charge in [0.15, 0.2) is 0 Å². The number of hydrogen-bond acceptors (Lipinski definition) is 4. The number of rotatable bonds is 5. The zero-order valence-corrected chi connectivity index (χ0v) is 15.0. The molecule has 1 atom stereocenters. The molecular weight excluding hydrogens is 365 g/mol. The summed E-state index contributed by atoms with van der Waals surface area (Å²) in [6, 6.07) is 9.42. The van der Waals surface area contributed by atoms with Gasteiger partial charge in [-0.1, -0.05) is 0 Å². The molecule has 1 unspecified atom stereocenters. The summed E-state index contributed by atoms with van der Waals surface area (Å²) in [6.07, 6.45) is -4.62. The van der Waals surface area contributed by atoms with Crippen LogP contribution in [0.4, 0.5) is 24.5 Å². The van der Waals surface area contributed by atoms with Crippen LogP contribution in [0.2, 0.25) is 0 Å². The highest BCUT2D eigenvalue weighted by atomic mass is 32.1. The van der Waals surface area contributed by atoms with E-state index < -0.39 is 24.8 Å². The molecule has 4 nitrogen and oxygen atoms in total. The molecule has 0 saturated heterocycles. The second kappa shape index (κ2) is 7.67. The Hall–Kier alpha value is -2.06. The Morgan fingerprint density at radius 1 is 1.31 bits per heavy atom. The second-order valence-electron chi connectivity index (χ2n) is 6.15. The van der Waals surface area contributed by atoms with E-state index in [2.05, 4.69) is 26.4 Å². The van der Waals surface area contributed by atoms with E-state index in [0.29, 0.717) is 5.69 Å². The lowest BCUT2D eigenvalue weighted by atomic mass is 10.1. The van der Waals surface area contributed by atoms with Crippen molar-refractivity contribution >= 4 is 28.6 Å². The summed E-state index contributed by atoms with van der Waals surface area (Å²) in [7, 11) is 0. The van der Waals surface area contributed by atoms with Crippen LogP contribution in [-0.4, -0.2) is 31.3 Å². The first kappa shape index (κ1) is 18.7. The maximum atomic E-state index is 12.1. The van der Waals surface area contributed by atoms with Gasteiger partial charge < -0.3 is 15.0 Å². The molecule has 1 N–H and O–H groups in total. The number of thiophene rings is 1. The van der Waals surface area contributed by atoms with Gasteiger partial charge in [-0.05, 0) is 54.6 Å². The molecular formula is C18H19F3N2O2S. The van der Waals surface area contributed by atoms with E-state index >= 15 is 0 Å². The molecule has 0 saturated carbocycles. The van der Waals surface area contributed by atoms with Crippen molar-refractivity contribution in [2.75, 3.05) is 23.4 Å². The molecule has 1 aliphatic heterocycles. The maximum absolute atomic E-state index is 12.1. The number of carbonyl (C=O) groups excluding carboxylic acids is 1. The fraction of sp³-hybridized carbons (Fsp3) is 0.389. The number of ether oxygens (including phenoxy) is 1. The standard InChI is InChI=1S/C18H19F3N2O2S/c1-12(25-11-18(19,20)21)17(24)22-14-2-4-15(5-3-14)23-8-6-16-13(10-23)7-9-26-16/h2-5,7,9,12H,6,8,10-11H2,1H3,(H,22,24). The Balaban J connectivity index is 1.55. The fourth-order valence-corrected chi connectivity index (χ4v) is 3.65. The monoisotopic (exact) mass is 384 g/mol. The third-order valence-corrected chi connectivity index (χ3v) is 5.20. The Labute approximate surface area is 153 Å². The minimum atomic E-state index is -4.45. The van der Waals surface area contributed by atoms with Crippen LogP contribution in [0.25, 0.3) is 0 Å². The summed E-state index contributed by atoms with van der Waals surface area (Å²) in [6.45, 7) is 1.63. The first-order chi connectivity index (χ1) is 12.3. The van der Waals surface area contributed by atoms with Crippen molar-refractivity contribution in [3.63, 3.8) is 0 Å². The molecule has 3 rings (SSSR count). The number of carbonyl (C=O) groups is 1. The van der Waals surface area contributed by atoms with Crippen molar-refractivity contribution in [2.24, 2.45) is 0 Å². The van der Waals surface area contributed by atoms with Gasteiger partial charge in [0.25, 0.3) is 5.91 Å². The average Bonchev–Trinajstić information content (AvgIpc) is 3.07. The smallest absolute Gasteiger partial charge is 0.367 e. The molecule has 0 fully saturated rings. The highest BCUT2D eigenvalue weighted by Crippen LogP contribution is 2.28. The molecule has 1 aromatic heterocycles. The van der Waals surface area contributed by atoms with Crippen molar-refractivity contribution in [1.82, 2.24) is 0 Å². The molecule has 1 aliphatic rings. The largest absolute Gasteiger partial charge is 0.411 e. The Bertz CT molecular complexity index is 759. The van der Waals surface area contributed by atoms with Gasteiger partial charge in [0.05, 0.1) is 0 Å². The number of alkyl halides is 3. The molecule has 1 aromatic carbocycles. The molecule has 1 amide bonds. The first-order valence-electron chi connectivity index (χ1n) is 8.21. The number of anilines is 2. The molecule has 140 valence electrons. The number of benzene rings is 1. The SMILES string of the molecule is CC(OCC(F)(F)F)C(=O)Nc1ccc(N2CCc3sccc3C2)cc1. The zero-order chi connectivity index (χ0) is 18.7. The maximum Gasteiger partial charge on any atom is 0.411 e. The lowest BCUT2D eigenvalue weighted by Crippen LogP contribution is -2.31. The normalized spacial score (nSPS) is 15.5. The van der Waals surface area contributed by atoms with Gasteiger partial charge in [0, 0.05) is 29.3 Å². The summed E-state index contributed by atoms with van der Waals surface area (Å²) in [5.41, 5.74) is 2.91. The average molecular weight is 384 g/mol. The van der Waals surface area contributed by atoms with Gasteiger partial charge in [0.2, 0.25) is 0 Å². The molecule has 2 heterocycles. The van der Waals surface area contributed by atoms with Crippen LogP contribution in [0.1, 0.15) is 17.4 Å². The molecule has 0 bridgehead atoms. The van der Waals surface area contributed by atoms with Crippen molar-refractivity contribution in [3.8, 4) is 0 Å². The second-order valence-corrected chi connectivity index (χ2v) is 7.15. The van der Waals surface area contributed by atoms with Gasteiger partial charge in [0.1, 0.15) is 12.7 Å². The lowest BCUT2D eigenvalue weighted by Gasteiger charge is -2.29. The summed E-state index contributed by atoms with van der Waals surface area (Å²) < 4.78 is 41.0. The van der Waals surface area contributed by atoms with E-state index in [4.69, 9.17) is 0 Å². The highest BCUT2D eigenvalue weighted by Gasteiger charge is 2.30. The van der Waals surface area contributed by atoms with Gasteiger partial charge in [-0.15, -0.1) is 11.3 Å². The van der Waals surface area contributed by atoms with Crippen LogP contribution in [0.15, 0.2) is 35.7 Å². The van der Waals surface area contributed by atoms with Gasteiger partial charge >= 0.3 is 6.18 Å². The van der Waals surface area contributed by atoms with Gasteiger partial charge in [-0.3, -0.25) is 4.79 Å². The first-order valence-corrected chi connectivity index (χ1v) is 9.09. The number of nitrogens with one attached hydrogen (secondary N) is 1. The quantitative estimate of drug-likeness (QED) is 0.839. The topological polar surface area (TPSA) is 41.6 Å². The number of halogens is 3. The predicted molar refractivity (Wildman–Crippen MR) is 95.6 cm³/mol. The Morgan fingerprint density at radius 3 is 2.73 bits per heavy atom. The predicted octanol–water partition coefficient (Wildman–Crippen LogP) is 4.22. The van der Waals surface area contributed by atoms with E-state index in [9.17, 15) is 18.0 Å². The van der Waals surface area contributed by atoms with Crippen LogP contribution in [0.3, 0.4) is 0 Å². The summed E-state index contributed by atoms with van der Waals surface area (Å²) in [5, 5.41) is 4.68. The molecule has 0 spiro atoms. The number of fused-ring (bicyclic) bond motifs is 1. The van der Waals surface area contributed by atoms with E-state index in [0.717, 1.165) is 25.2 Å². The van der Waals surface area contributed by atoms with E-state index in [1.807, 2.05) is 12.1 Å². The number of amides is 1. The molecule has 0 aliphatic carbocycles. The Morgan fingerprint density at radius 2 is 2.04 bits per heavy atom. The molecule has 8 heteroatoms. The van der Waals surface area contributed by atoms with Crippen LogP contribution in [0, 0.1) is 0 Å². The van der Waals surface area contributed by atoms with Gasteiger partial charge in [-0.2, -0.15) is 13.2 Å². The molecule has 26 heavy (non-hydrogen) atoms. The molecule has 2 aromatic rings. The summed E-state index contributed by atoms with van der Waals surface area (Å²) >= 11 is 1.78. The fourth-order valence-electron chi connectivity index (χ4n) is 2.76. The van der Waals surface area contributed by atoms with Crippen LogP contribution in [0.5, 0.6) is 0 Å². The molecule has 0 radical (unpaired) electrons. The van der Waals surface area contributed by atoms with Crippen LogP contribution < -0.4 is 10.2 Å². The zero-order valence-electron chi connectivity index (χ0n) is 14.2. The van der Waals surface area contributed by atoms with Crippen LogP contribution >= 0.6 is 11.3 Å². The third kappa shape index (κ3) is 4.76. The minimum absolute atomic E-state index is 0.523. The van der Waals surface area contributed by atoms with E-state index in [1.165, 1.54) is 17.4 Å². The van der Waals surface area contributed by atoms with E-state index in [1.54, 1.807) is 23.5 Å². The minimum Gasteiger partial charge on any atom is -0.367 e. The van der Waals surface area contributed by atoms with Crippen molar-refractivity contribution < 1.29 is 22.7 Å². The van der Waals surface area contributed by atoms with Crippen molar-refractivity contribution in [3.05, 3.63) is 46.2 Å². The van der Waals surface area contributed by atoms with Crippen molar-refractivity contribution in [2.45, 2.75) is 32.2 Å². The van der Waals surface area contributed by atoms with Crippen molar-refractivity contribution in [1.29, 1.82) is 0 Å². The van der Waals surface area contributed by atoms with E-state index in [-0.39, 0.29) is 0 Å². The van der Waals surface area contributed by atoms with Crippen LogP contribution in [-0.2, 0) is 22.5 Å². The highest BCUT2D eigenvalue weighted by molar-refractivity contribution is 7.10. The van der Waals surface area contributed by atoms with Gasteiger partial charge in [-0.25, -0.2) is 0 Å². The number of nitrogens with zero attached hydrogens (tertiary/aromatic N) is 1. The number of hydrogen-bond donors (Lipinski definition) is 1. The summed E-state index contributed by atoms with van der Waals surface area (Å²) in [5.74, 6) is -0.608. The lowest BCUT2D eigenvalue weighted by molar-refractivity contribution is -0.184.